The van der Waals surface area contributed by atoms with E-state index in [9.17, 15) is 4.79 Å². The number of carbonyl (C=O) groups excluding carboxylic acids is 1. The van der Waals surface area contributed by atoms with E-state index in [1.54, 1.807) is 0 Å². The summed E-state index contributed by atoms with van der Waals surface area (Å²) in [6, 6.07) is 8.49. The highest BCUT2D eigenvalue weighted by Crippen LogP contribution is 2.08. The van der Waals surface area contributed by atoms with E-state index in [4.69, 9.17) is 0 Å². The number of nitrogens with one attached hydrogen (secondary N) is 1. The summed E-state index contributed by atoms with van der Waals surface area (Å²) in [4.78, 5) is 11.2. The van der Waals surface area contributed by atoms with Gasteiger partial charge in [-0.3, -0.25) is 4.79 Å². The van der Waals surface area contributed by atoms with Gasteiger partial charge in [-0.2, -0.15) is 0 Å². The maximum atomic E-state index is 11.2. The number of methoxy groups -OCH3 is 1. The summed E-state index contributed by atoms with van der Waals surface area (Å²) in [6.45, 7) is 2.06. The zero-order chi connectivity index (χ0) is 12.0. The average Bonchev–Trinajstić information content (AvgIpc) is 2.30. The zero-order valence-electron chi connectivity index (χ0n) is 10.1. The van der Waals surface area contributed by atoms with Crippen LogP contribution < -0.4 is 5.32 Å². The Morgan fingerprint density at radius 1 is 1.38 bits per heavy atom. The molecule has 0 spiro atoms. The van der Waals surface area contributed by atoms with Crippen molar-refractivity contribution in [2.45, 2.75) is 25.8 Å². The molecule has 0 amide bonds. The molecule has 0 radical (unpaired) electrons. The third-order valence-corrected chi connectivity index (χ3v) is 2.65. The van der Waals surface area contributed by atoms with Gasteiger partial charge in [-0.15, -0.1) is 0 Å². The van der Waals surface area contributed by atoms with Gasteiger partial charge in [-0.25, -0.2) is 0 Å². The Hall–Kier alpha value is -1.35. The molecule has 1 N–H and O–H groups in total. The molecule has 16 heavy (non-hydrogen) atoms. The van der Waals surface area contributed by atoms with E-state index in [0.29, 0.717) is 6.42 Å². The van der Waals surface area contributed by atoms with Crippen LogP contribution in [-0.2, 0) is 16.0 Å². The van der Waals surface area contributed by atoms with Gasteiger partial charge in [0.15, 0.2) is 0 Å². The lowest BCUT2D eigenvalue weighted by Gasteiger charge is -2.14. The van der Waals surface area contributed by atoms with E-state index < -0.39 is 0 Å². The second kappa shape index (κ2) is 6.28. The smallest absolute Gasteiger partial charge is 0.307 e. The Morgan fingerprint density at radius 2 is 2.00 bits per heavy atom. The van der Waals surface area contributed by atoms with Gasteiger partial charge in [0.2, 0.25) is 0 Å². The molecule has 0 fully saturated rings. The monoisotopic (exact) mass is 221 g/mol. The molecule has 3 heteroatoms. The Labute approximate surface area is 96.8 Å². The molecule has 1 aromatic rings. The summed E-state index contributed by atoms with van der Waals surface area (Å²) in [5, 5.41) is 3.13. The minimum Gasteiger partial charge on any atom is -0.469 e. The van der Waals surface area contributed by atoms with Crippen molar-refractivity contribution in [1.82, 2.24) is 5.32 Å². The van der Waals surface area contributed by atoms with E-state index in [1.165, 1.54) is 18.2 Å². The molecule has 0 saturated carbocycles. The largest absolute Gasteiger partial charge is 0.469 e. The number of ether oxygens (including phenoxy) is 1. The van der Waals surface area contributed by atoms with E-state index in [2.05, 4.69) is 41.2 Å². The van der Waals surface area contributed by atoms with Crippen LogP contribution in [0.2, 0.25) is 0 Å². The molecule has 1 unspecified atom stereocenters. The molecular weight excluding hydrogens is 202 g/mol. The SMILES string of the molecule is CNC(CC(=O)OC)Cc1ccc(C)cc1. The molecule has 0 aliphatic rings. The number of likely N-dealkylation sites (N-methyl/N-ethyl adjacent to an activating group) is 1. The standard InChI is InChI=1S/C13H19NO2/c1-10-4-6-11(7-5-10)8-12(14-2)9-13(15)16-3/h4-7,12,14H,8-9H2,1-3H3. The highest BCUT2D eigenvalue weighted by molar-refractivity contribution is 5.69. The molecular formula is C13H19NO2. The minimum atomic E-state index is -0.175. The summed E-state index contributed by atoms with van der Waals surface area (Å²) in [7, 11) is 3.28. The van der Waals surface area contributed by atoms with Crippen molar-refractivity contribution in [2.75, 3.05) is 14.2 Å². The van der Waals surface area contributed by atoms with E-state index in [0.717, 1.165) is 6.42 Å². The van der Waals surface area contributed by atoms with Crippen LogP contribution in [0.15, 0.2) is 24.3 Å². The van der Waals surface area contributed by atoms with Gasteiger partial charge in [0.25, 0.3) is 0 Å². The van der Waals surface area contributed by atoms with Gasteiger partial charge in [-0.05, 0) is 26.0 Å². The summed E-state index contributed by atoms with van der Waals surface area (Å²) < 4.78 is 4.66. The first kappa shape index (κ1) is 12.7. The summed E-state index contributed by atoms with van der Waals surface area (Å²) >= 11 is 0. The number of rotatable bonds is 5. The number of carbonyl (C=O) groups is 1. The third-order valence-electron chi connectivity index (χ3n) is 2.65. The van der Waals surface area contributed by atoms with Gasteiger partial charge in [0.1, 0.15) is 0 Å². The van der Waals surface area contributed by atoms with Crippen LogP contribution in [0.5, 0.6) is 0 Å². The Balaban J connectivity index is 2.56. The molecule has 0 aliphatic heterocycles. The average molecular weight is 221 g/mol. The highest BCUT2D eigenvalue weighted by atomic mass is 16.5. The van der Waals surface area contributed by atoms with Crippen LogP contribution in [0.3, 0.4) is 0 Å². The normalized spacial score (nSPS) is 12.2. The van der Waals surface area contributed by atoms with Crippen molar-refractivity contribution in [3.8, 4) is 0 Å². The molecule has 1 rings (SSSR count). The molecule has 0 heterocycles. The minimum absolute atomic E-state index is 0.134. The van der Waals surface area contributed by atoms with E-state index in [1.807, 2.05) is 7.05 Å². The van der Waals surface area contributed by atoms with Crippen molar-refractivity contribution in [1.29, 1.82) is 0 Å². The van der Waals surface area contributed by atoms with Crippen LogP contribution in [0.1, 0.15) is 17.5 Å². The third kappa shape index (κ3) is 4.03. The van der Waals surface area contributed by atoms with Gasteiger partial charge < -0.3 is 10.1 Å². The van der Waals surface area contributed by atoms with Crippen molar-refractivity contribution in [3.05, 3.63) is 35.4 Å². The second-order valence-corrected chi connectivity index (χ2v) is 3.96. The highest BCUT2D eigenvalue weighted by Gasteiger charge is 2.12. The number of benzene rings is 1. The molecule has 3 nitrogen and oxygen atoms in total. The van der Waals surface area contributed by atoms with Gasteiger partial charge in [0.05, 0.1) is 13.5 Å². The van der Waals surface area contributed by atoms with Crippen LogP contribution >= 0.6 is 0 Å². The topological polar surface area (TPSA) is 38.3 Å². The lowest BCUT2D eigenvalue weighted by molar-refractivity contribution is -0.141. The maximum absolute atomic E-state index is 11.2. The number of aryl methyl sites for hydroxylation is 1. The Kier molecular flexibility index (Phi) is 4.99. The van der Waals surface area contributed by atoms with E-state index in [-0.39, 0.29) is 12.0 Å². The fraction of sp³-hybridized carbons (Fsp3) is 0.462. The van der Waals surface area contributed by atoms with Gasteiger partial charge >= 0.3 is 5.97 Å². The summed E-state index contributed by atoms with van der Waals surface area (Å²) in [5.74, 6) is -0.175. The molecule has 0 aromatic heterocycles. The Bertz CT molecular complexity index is 332. The van der Waals surface area contributed by atoms with Crippen LogP contribution in [0.4, 0.5) is 0 Å². The van der Waals surface area contributed by atoms with Crippen molar-refractivity contribution < 1.29 is 9.53 Å². The number of hydrogen-bond acceptors (Lipinski definition) is 3. The molecule has 1 aromatic carbocycles. The van der Waals surface area contributed by atoms with E-state index >= 15 is 0 Å². The molecule has 0 saturated heterocycles. The quantitative estimate of drug-likeness (QED) is 0.769. The number of hydrogen-bond donors (Lipinski definition) is 1. The first-order chi connectivity index (χ1) is 7.65. The van der Waals surface area contributed by atoms with Gasteiger partial charge in [0, 0.05) is 6.04 Å². The molecule has 0 aliphatic carbocycles. The van der Waals surface area contributed by atoms with Crippen LogP contribution in [-0.4, -0.2) is 26.2 Å². The van der Waals surface area contributed by atoms with Crippen molar-refractivity contribution >= 4 is 5.97 Å². The van der Waals surface area contributed by atoms with Crippen molar-refractivity contribution in [2.24, 2.45) is 0 Å². The predicted molar refractivity (Wildman–Crippen MR) is 64.4 cm³/mol. The maximum Gasteiger partial charge on any atom is 0.307 e. The second-order valence-electron chi connectivity index (χ2n) is 3.96. The zero-order valence-corrected chi connectivity index (χ0v) is 10.1. The molecule has 0 bridgehead atoms. The van der Waals surface area contributed by atoms with Crippen LogP contribution in [0, 0.1) is 6.92 Å². The van der Waals surface area contributed by atoms with Crippen LogP contribution in [0.25, 0.3) is 0 Å². The Morgan fingerprint density at radius 3 is 2.50 bits per heavy atom. The lowest BCUT2D eigenvalue weighted by Crippen LogP contribution is -2.30. The molecule has 1 atom stereocenters. The fourth-order valence-corrected chi connectivity index (χ4v) is 1.57. The predicted octanol–water partition coefficient (Wildman–Crippen LogP) is 1.69. The summed E-state index contributed by atoms with van der Waals surface area (Å²) in [6.07, 6.45) is 1.24. The first-order valence-electron chi connectivity index (χ1n) is 5.45. The lowest BCUT2D eigenvalue weighted by atomic mass is 10.0. The summed E-state index contributed by atoms with van der Waals surface area (Å²) in [5.41, 5.74) is 2.48. The van der Waals surface area contributed by atoms with Crippen molar-refractivity contribution in [3.63, 3.8) is 0 Å². The fourth-order valence-electron chi connectivity index (χ4n) is 1.57. The number of esters is 1. The molecule has 88 valence electrons. The first-order valence-corrected chi connectivity index (χ1v) is 5.45. The van der Waals surface area contributed by atoms with Gasteiger partial charge in [-0.1, -0.05) is 29.8 Å².